The van der Waals surface area contributed by atoms with Crippen LogP contribution >= 0.6 is 15.9 Å². The van der Waals surface area contributed by atoms with Gasteiger partial charge in [0.25, 0.3) is 5.91 Å². The van der Waals surface area contributed by atoms with Gasteiger partial charge in [-0.25, -0.2) is 0 Å². The molecule has 2 aromatic heterocycles. The van der Waals surface area contributed by atoms with Crippen LogP contribution in [0.5, 0.6) is 0 Å². The van der Waals surface area contributed by atoms with Crippen LogP contribution in [-0.4, -0.2) is 21.1 Å². The fourth-order valence-corrected chi connectivity index (χ4v) is 3.36. The SMILES string of the molecule is Cc1cc(Br)cc(-c2nnc(-c3cccnc3)o2)c1NC(=O)c1ccccc1. The van der Waals surface area contributed by atoms with E-state index in [2.05, 4.69) is 36.4 Å². The minimum Gasteiger partial charge on any atom is -0.416 e. The molecule has 0 aliphatic heterocycles. The Labute approximate surface area is 169 Å². The number of anilines is 1. The lowest BCUT2D eigenvalue weighted by Gasteiger charge is -2.13. The first-order valence-corrected chi connectivity index (χ1v) is 9.32. The predicted molar refractivity (Wildman–Crippen MR) is 110 cm³/mol. The first-order valence-electron chi connectivity index (χ1n) is 8.52. The maximum atomic E-state index is 12.7. The fourth-order valence-electron chi connectivity index (χ4n) is 2.79. The molecule has 0 radical (unpaired) electrons. The van der Waals surface area contributed by atoms with Gasteiger partial charge < -0.3 is 9.73 Å². The van der Waals surface area contributed by atoms with Crippen LogP contribution in [0.4, 0.5) is 5.69 Å². The van der Waals surface area contributed by atoms with Crippen LogP contribution in [0.2, 0.25) is 0 Å². The molecule has 0 fully saturated rings. The van der Waals surface area contributed by atoms with E-state index in [1.54, 1.807) is 30.6 Å². The largest absolute Gasteiger partial charge is 0.416 e. The molecule has 1 N–H and O–H groups in total. The van der Waals surface area contributed by atoms with Crippen molar-refractivity contribution >= 4 is 27.5 Å². The molecule has 0 aliphatic carbocycles. The van der Waals surface area contributed by atoms with Gasteiger partial charge in [-0.1, -0.05) is 34.1 Å². The van der Waals surface area contributed by atoms with Crippen LogP contribution in [0.25, 0.3) is 22.9 Å². The Kier molecular flexibility index (Phi) is 4.99. The quantitative estimate of drug-likeness (QED) is 0.481. The summed E-state index contributed by atoms with van der Waals surface area (Å²) >= 11 is 3.49. The highest BCUT2D eigenvalue weighted by molar-refractivity contribution is 9.10. The summed E-state index contributed by atoms with van der Waals surface area (Å²) < 4.78 is 6.71. The monoisotopic (exact) mass is 434 g/mol. The van der Waals surface area contributed by atoms with Crippen LogP contribution in [0, 0.1) is 6.92 Å². The van der Waals surface area contributed by atoms with Crippen molar-refractivity contribution in [3.8, 4) is 22.9 Å². The third kappa shape index (κ3) is 3.70. The number of carbonyl (C=O) groups is 1. The molecule has 4 rings (SSSR count). The van der Waals surface area contributed by atoms with E-state index in [0.29, 0.717) is 28.6 Å². The molecule has 0 bridgehead atoms. The summed E-state index contributed by atoms with van der Waals surface area (Å²) in [6, 6.07) is 16.4. The van der Waals surface area contributed by atoms with E-state index in [1.165, 1.54) is 0 Å². The zero-order valence-corrected chi connectivity index (χ0v) is 16.5. The van der Waals surface area contributed by atoms with Gasteiger partial charge in [-0.3, -0.25) is 9.78 Å². The van der Waals surface area contributed by atoms with E-state index in [9.17, 15) is 4.79 Å². The highest BCUT2D eigenvalue weighted by atomic mass is 79.9. The molecule has 2 aromatic carbocycles. The van der Waals surface area contributed by atoms with E-state index in [1.807, 2.05) is 43.3 Å². The highest BCUT2D eigenvalue weighted by Gasteiger charge is 2.19. The lowest BCUT2D eigenvalue weighted by molar-refractivity contribution is 0.102. The number of nitrogens with one attached hydrogen (secondary N) is 1. The zero-order chi connectivity index (χ0) is 19.5. The number of halogens is 1. The number of hydrogen-bond acceptors (Lipinski definition) is 5. The number of pyridine rings is 1. The van der Waals surface area contributed by atoms with Crippen molar-refractivity contribution in [1.29, 1.82) is 0 Å². The number of aryl methyl sites for hydroxylation is 1. The van der Waals surface area contributed by atoms with Crippen LogP contribution in [0.15, 0.2) is 75.9 Å². The second kappa shape index (κ2) is 7.74. The molecule has 1 amide bonds. The number of rotatable bonds is 4. The first kappa shape index (κ1) is 18.1. The number of amides is 1. The van der Waals surface area contributed by atoms with Crippen molar-refractivity contribution in [2.45, 2.75) is 6.92 Å². The second-order valence-corrected chi connectivity index (χ2v) is 7.04. The summed E-state index contributed by atoms with van der Waals surface area (Å²) in [4.78, 5) is 16.7. The maximum absolute atomic E-state index is 12.7. The van der Waals surface area contributed by atoms with Gasteiger partial charge in [-0.15, -0.1) is 10.2 Å². The standard InChI is InChI=1S/C21H15BrN4O2/c1-13-10-16(22)11-17(18(13)24-19(27)14-6-3-2-4-7-14)21-26-25-20(28-21)15-8-5-9-23-12-15/h2-12H,1H3,(H,24,27). The van der Waals surface area contributed by atoms with Gasteiger partial charge in [0.1, 0.15) is 0 Å². The topological polar surface area (TPSA) is 80.9 Å². The minimum absolute atomic E-state index is 0.209. The van der Waals surface area contributed by atoms with Crippen LogP contribution in [0.3, 0.4) is 0 Å². The molecule has 0 saturated heterocycles. The third-order valence-electron chi connectivity index (χ3n) is 4.14. The second-order valence-electron chi connectivity index (χ2n) is 6.12. The molecule has 2 heterocycles. The highest BCUT2D eigenvalue weighted by Crippen LogP contribution is 2.35. The van der Waals surface area contributed by atoms with Crippen molar-refractivity contribution < 1.29 is 9.21 Å². The van der Waals surface area contributed by atoms with E-state index in [-0.39, 0.29) is 5.91 Å². The lowest BCUT2D eigenvalue weighted by atomic mass is 10.1. The fraction of sp³-hybridized carbons (Fsp3) is 0.0476. The van der Waals surface area contributed by atoms with Gasteiger partial charge in [0.15, 0.2) is 0 Å². The number of nitrogens with zero attached hydrogens (tertiary/aromatic N) is 3. The van der Waals surface area contributed by atoms with Crippen molar-refractivity contribution in [2.24, 2.45) is 0 Å². The molecule has 138 valence electrons. The molecule has 0 spiro atoms. The maximum Gasteiger partial charge on any atom is 0.255 e. The number of carbonyl (C=O) groups excluding carboxylic acids is 1. The zero-order valence-electron chi connectivity index (χ0n) is 14.9. The average Bonchev–Trinajstić information content (AvgIpc) is 3.21. The summed E-state index contributed by atoms with van der Waals surface area (Å²) in [7, 11) is 0. The van der Waals surface area contributed by atoms with E-state index < -0.39 is 0 Å². The van der Waals surface area contributed by atoms with E-state index in [0.717, 1.165) is 15.6 Å². The summed E-state index contributed by atoms with van der Waals surface area (Å²) in [6.07, 6.45) is 3.33. The Balaban J connectivity index is 1.73. The van der Waals surface area contributed by atoms with Crippen molar-refractivity contribution in [3.05, 3.63) is 82.6 Å². The summed E-state index contributed by atoms with van der Waals surface area (Å²) in [5, 5.41) is 11.3. The lowest BCUT2D eigenvalue weighted by Crippen LogP contribution is -2.13. The van der Waals surface area contributed by atoms with Crippen molar-refractivity contribution in [2.75, 3.05) is 5.32 Å². The van der Waals surface area contributed by atoms with Gasteiger partial charge in [0, 0.05) is 22.4 Å². The Bertz CT molecular complexity index is 1130. The summed E-state index contributed by atoms with van der Waals surface area (Å²) in [5.74, 6) is 0.465. The van der Waals surface area contributed by atoms with Crippen LogP contribution < -0.4 is 5.32 Å². The van der Waals surface area contributed by atoms with Gasteiger partial charge in [0.2, 0.25) is 11.8 Å². The van der Waals surface area contributed by atoms with Gasteiger partial charge in [-0.05, 0) is 48.9 Å². The van der Waals surface area contributed by atoms with Gasteiger partial charge >= 0.3 is 0 Å². The molecule has 0 unspecified atom stereocenters. The molecule has 0 atom stereocenters. The van der Waals surface area contributed by atoms with Crippen molar-refractivity contribution in [1.82, 2.24) is 15.2 Å². The number of aromatic nitrogens is 3. The number of hydrogen-bond donors (Lipinski definition) is 1. The molecular formula is C21H15BrN4O2. The normalized spacial score (nSPS) is 10.6. The smallest absolute Gasteiger partial charge is 0.255 e. The molecule has 6 nitrogen and oxygen atoms in total. The molecular weight excluding hydrogens is 420 g/mol. The molecule has 28 heavy (non-hydrogen) atoms. The Morgan fingerprint density at radius 2 is 1.82 bits per heavy atom. The molecule has 0 saturated carbocycles. The van der Waals surface area contributed by atoms with Crippen LogP contribution in [-0.2, 0) is 0 Å². The summed E-state index contributed by atoms with van der Waals surface area (Å²) in [5.41, 5.74) is 3.42. The Morgan fingerprint density at radius 3 is 2.57 bits per heavy atom. The molecule has 4 aromatic rings. The van der Waals surface area contributed by atoms with Gasteiger partial charge in [-0.2, -0.15) is 0 Å². The minimum atomic E-state index is -0.209. The number of benzene rings is 2. The van der Waals surface area contributed by atoms with Crippen molar-refractivity contribution in [3.63, 3.8) is 0 Å². The van der Waals surface area contributed by atoms with Gasteiger partial charge in [0.05, 0.1) is 16.8 Å². The van der Waals surface area contributed by atoms with E-state index >= 15 is 0 Å². The molecule has 7 heteroatoms. The van der Waals surface area contributed by atoms with Crippen LogP contribution in [0.1, 0.15) is 15.9 Å². The third-order valence-corrected chi connectivity index (χ3v) is 4.60. The van der Waals surface area contributed by atoms with E-state index in [4.69, 9.17) is 4.42 Å². The Morgan fingerprint density at radius 1 is 1.04 bits per heavy atom. The molecule has 0 aliphatic rings. The Hall–Kier alpha value is -3.32. The average molecular weight is 435 g/mol. The first-order chi connectivity index (χ1) is 13.6. The predicted octanol–water partition coefficient (Wildman–Crippen LogP) is 5.12. The summed E-state index contributed by atoms with van der Waals surface area (Å²) in [6.45, 7) is 1.91.